The highest BCUT2D eigenvalue weighted by Crippen LogP contribution is 2.38. The SMILES string of the molecule is C=C(C)CCOC1C=C(COCc2c(F)c(F)c(C(F)(F)F)c(F)c2F)[C@H]2CC(=O)C(C)=CC2O1. The van der Waals surface area contributed by atoms with Gasteiger partial charge in [-0.05, 0) is 43.6 Å². The first-order valence-corrected chi connectivity index (χ1v) is 10.6. The zero-order chi connectivity index (χ0) is 26.1. The van der Waals surface area contributed by atoms with Crippen molar-refractivity contribution in [1.29, 1.82) is 0 Å². The molecule has 1 heterocycles. The molecule has 2 aliphatic rings. The summed E-state index contributed by atoms with van der Waals surface area (Å²) in [5, 5.41) is 0. The minimum absolute atomic E-state index is 0.0624. The van der Waals surface area contributed by atoms with Crippen LogP contribution in [-0.2, 0) is 31.8 Å². The molecule has 3 atom stereocenters. The van der Waals surface area contributed by atoms with Crippen LogP contribution in [-0.4, -0.2) is 31.4 Å². The van der Waals surface area contributed by atoms with Crippen LogP contribution in [0.25, 0.3) is 0 Å². The maximum absolute atomic E-state index is 14.2. The first-order valence-electron chi connectivity index (χ1n) is 10.6. The van der Waals surface area contributed by atoms with Gasteiger partial charge in [-0.1, -0.05) is 5.57 Å². The number of alkyl halides is 3. The van der Waals surface area contributed by atoms with Crippen molar-refractivity contribution in [2.45, 2.75) is 51.9 Å². The topological polar surface area (TPSA) is 44.8 Å². The molecule has 35 heavy (non-hydrogen) atoms. The number of allylic oxidation sites excluding steroid dienone is 1. The summed E-state index contributed by atoms with van der Waals surface area (Å²) in [5.41, 5.74) is -2.11. The van der Waals surface area contributed by atoms with Crippen molar-refractivity contribution in [2.75, 3.05) is 13.2 Å². The largest absolute Gasteiger partial charge is 0.422 e. The second-order valence-electron chi connectivity index (χ2n) is 8.47. The monoisotopic (exact) mass is 508 g/mol. The van der Waals surface area contributed by atoms with Crippen molar-refractivity contribution in [3.05, 3.63) is 69.8 Å². The summed E-state index contributed by atoms with van der Waals surface area (Å²) in [5.74, 6) is -10.1. The van der Waals surface area contributed by atoms with E-state index in [1.54, 1.807) is 13.0 Å². The lowest BCUT2D eigenvalue weighted by Gasteiger charge is -2.37. The number of Topliss-reactive ketones (excluding diaryl/α,β-unsaturated/α-hetero) is 1. The Morgan fingerprint density at radius 1 is 1.09 bits per heavy atom. The lowest BCUT2D eigenvalue weighted by molar-refractivity contribution is -0.154. The summed E-state index contributed by atoms with van der Waals surface area (Å²) in [6.07, 6.45) is -3.24. The summed E-state index contributed by atoms with van der Waals surface area (Å²) < 4.78 is 111. The van der Waals surface area contributed by atoms with E-state index in [-0.39, 0.29) is 25.4 Å². The van der Waals surface area contributed by atoms with Crippen LogP contribution < -0.4 is 0 Å². The number of ether oxygens (including phenoxy) is 3. The summed E-state index contributed by atoms with van der Waals surface area (Å²) in [4.78, 5) is 12.2. The van der Waals surface area contributed by atoms with Crippen molar-refractivity contribution in [2.24, 2.45) is 5.92 Å². The molecule has 2 unspecified atom stereocenters. The number of ketones is 1. The molecule has 0 saturated carbocycles. The average Bonchev–Trinajstić information content (AvgIpc) is 2.75. The van der Waals surface area contributed by atoms with E-state index in [0.29, 0.717) is 17.6 Å². The second-order valence-corrected chi connectivity index (χ2v) is 8.47. The van der Waals surface area contributed by atoms with Crippen molar-refractivity contribution < 1.29 is 49.7 Å². The van der Waals surface area contributed by atoms with Crippen LogP contribution in [0.5, 0.6) is 0 Å². The van der Waals surface area contributed by atoms with Gasteiger partial charge in [0.05, 0.1) is 31.5 Å². The van der Waals surface area contributed by atoms with E-state index in [1.807, 2.05) is 6.92 Å². The quantitative estimate of drug-likeness (QED) is 0.248. The minimum Gasteiger partial charge on any atom is -0.372 e. The Morgan fingerprint density at radius 2 is 1.71 bits per heavy atom. The lowest BCUT2D eigenvalue weighted by atomic mass is 9.80. The first-order chi connectivity index (χ1) is 16.3. The van der Waals surface area contributed by atoms with E-state index < -0.39 is 65.5 Å². The van der Waals surface area contributed by atoms with Gasteiger partial charge in [0.2, 0.25) is 0 Å². The highest BCUT2D eigenvalue weighted by Gasteiger charge is 2.42. The van der Waals surface area contributed by atoms with Crippen LogP contribution in [0.4, 0.5) is 30.7 Å². The van der Waals surface area contributed by atoms with Crippen LogP contribution in [0.3, 0.4) is 0 Å². The molecule has 11 heteroatoms. The second kappa shape index (κ2) is 10.6. The summed E-state index contributed by atoms with van der Waals surface area (Å²) >= 11 is 0. The van der Waals surface area contributed by atoms with Gasteiger partial charge in [-0.15, -0.1) is 6.58 Å². The highest BCUT2D eigenvalue weighted by molar-refractivity contribution is 5.96. The van der Waals surface area contributed by atoms with Crippen molar-refractivity contribution in [3.63, 3.8) is 0 Å². The molecule has 1 aliphatic heterocycles. The molecule has 0 fully saturated rings. The van der Waals surface area contributed by atoms with Crippen LogP contribution in [0.1, 0.15) is 37.8 Å². The van der Waals surface area contributed by atoms with Gasteiger partial charge in [-0.25, -0.2) is 17.6 Å². The Hall–Kier alpha value is -2.50. The molecular weight excluding hydrogens is 485 g/mol. The predicted octanol–water partition coefficient (Wildman–Crippen LogP) is 5.95. The minimum atomic E-state index is -5.63. The van der Waals surface area contributed by atoms with E-state index in [9.17, 15) is 35.5 Å². The zero-order valence-corrected chi connectivity index (χ0v) is 18.9. The van der Waals surface area contributed by atoms with Crippen LogP contribution in [0.2, 0.25) is 0 Å². The highest BCUT2D eigenvalue weighted by atomic mass is 19.4. The smallest absolute Gasteiger partial charge is 0.372 e. The van der Waals surface area contributed by atoms with Crippen molar-refractivity contribution >= 4 is 5.78 Å². The maximum atomic E-state index is 14.2. The zero-order valence-electron chi connectivity index (χ0n) is 18.9. The van der Waals surface area contributed by atoms with E-state index in [0.717, 1.165) is 5.57 Å². The van der Waals surface area contributed by atoms with Gasteiger partial charge in [0.1, 0.15) is 5.56 Å². The number of halogens is 7. The first kappa shape index (κ1) is 27.1. The lowest BCUT2D eigenvalue weighted by Crippen LogP contribution is -2.39. The van der Waals surface area contributed by atoms with E-state index >= 15 is 0 Å². The number of carbonyl (C=O) groups excluding carboxylic acids is 1. The maximum Gasteiger partial charge on any atom is 0.422 e. The van der Waals surface area contributed by atoms with Gasteiger partial charge >= 0.3 is 6.18 Å². The number of benzene rings is 1. The molecule has 1 aliphatic carbocycles. The molecule has 1 aromatic carbocycles. The summed E-state index contributed by atoms with van der Waals surface area (Å²) in [6, 6.07) is 0. The van der Waals surface area contributed by atoms with Gasteiger partial charge < -0.3 is 14.2 Å². The van der Waals surface area contributed by atoms with Gasteiger partial charge in [0, 0.05) is 12.3 Å². The average molecular weight is 508 g/mol. The van der Waals surface area contributed by atoms with E-state index in [1.165, 1.54) is 6.08 Å². The third kappa shape index (κ3) is 6.02. The molecule has 0 N–H and O–H groups in total. The number of carbonyl (C=O) groups is 1. The van der Waals surface area contributed by atoms with Crippen LogP contribution >= 0.6 is 0 Å². The molecule has 192 valence electrons. The molecule has 3 rings (SSSR count). The molecule has 0 saturated heterocycles. The van der Waals surface area contributed by atoms with Gasteiger partial charge in [0.25, 0.3) is 0 Å². The predicted molar refractivity (Wildman–Crippen MR) is 110 cm³/mol. The molecule has 0 bridgehead atoms. The summed E-state index contributed by atoms with van der Waals surface area (Å²) in [7, 11) is 0. The molecule has 4 nitrogen and oxygen atoms in total. The Labute approximate surface area is 197 Å². The molecule has 1 aromatic rings. The number of hydrogen-bond donors (Lipinski definition) is 0. The van der Waals surface area contributed by atoms with Crippen molar-refractivity contribution in [3.8, 4) is 0 Å². The Kier molecular flexibility index (Phi) is 8.23. The van der Waals surface area contributed by atoms with Gasteiger partial charge in [0.15, 0.2) is 35.3 Å². The molecule has 0 spiro atoms. The molecule has 0 amide bonds. The van der Waals surface area contributed by atoms with Gasteiger partial charge in [-0.2, -0.15) is 13.2 Å². The fraction of sp³-hybridized carbons (Fsp3) is 0.458. The standard InChI is InChI=1S/C24H23F7O4/c1-11(2)4-5-34-18-7-13(14-8-16(32)12(3)6-17(14)35-18)9-33-10-15-20(25)22(27)19(24(29,30)31)23(28)21(15)26/h6-7,14,17-18H,1,4-5,8-10H2,2-3H3/t14-,17?,18?/m1/s1. The third-order valence-corrected chi connectivity index (χ3v) is 5.74. The normalized spacial score (nSPS) is 22.5. The van der Waals surface area contributed by atoms with E-state index in [4.69, 9.17) is 14.2 Å². The number of fused-ring (bicyclic) bond motifs is 1. The fourth-order valence-corrected chi connectivity index (χ4v) is 3.82. The Bertz CT molecular complexity index is 1050. The van der Waals surface area contributed by atoms with Crippen LogP contribution in [0.15, 0.2) is 35.5 Å². The Morgan fingerprint density at radius 3 is 2.29 bits per heavy atom. The number of rotatable bonds is 8. The molecular formula is C24H23F7O4. The summed E-state index contributed by atoms with van der Waals surface area (Å²) in [6.45, 7) is 6.11. The fourth-order valence-electron chi connectivity index (χ4n) is 3.82. The molecule has 0 aromatic heterocycles. The molecule has 0 radical (unpaired) electrons. The Balaban J connectivity index is 1.79. The number of hydrogen-bond acceptors (Lipinski definition) is 4. The van der Waals surface area contributed by atoms with Crippen LogP contribution in [0, 0.1) is 29.2 Å². The third-order valence-electron chi connectivity index (χ3n) is 5.74. The van der Waals surface area contributed by atoms with Crippen molar-refractivity contribution in [1.82, 2.24) is 0 Å². The van der Waals surface area contributed by atoms with E-state index in [2.05, 4.69) is 6.58 Å². The van der Waals surface area contributed by atoms with Gasteiger partial charge in [-0.3, -0.25) is 4.79 Å².